The third-order valence-corrected chi connectivity index (χ3v) is 14.7. The summed E-state index contributed by atoms with van der Waals surface area (Å²) in [7, 11) is 0. The molecule has 0 aliphatic carbocycles. The molecule has 0 amide bonds. The van der Waals surface area contributed by atoms with Crippen molar-refractivity contribution in [1.29, 1.82) is 0 Å². The fourth-order valence-electron chi connectivity index (χ4n) is 11.1. The van der Waals surface area contributed by atoms with Crippen LogP contribution in [0.4, 0.5) is 11.4 Å². The van der Waals surface area contributed by atoms with Gasteiger partial charge in [0, 0.05) is 49.6 Å². The van der Waals surface area contributed by atoms with Gasteiger partial charge in [-0.3, -0.25) is 0 Å². The lowest BCUT2D eigenvalue weighted by atomic mass is 9.43. The molecule has 322 valence electrons. The molecule has 7 aromatic carbocycles. The van der Waals surface area contributed by atoms with E-state index in [0.29, 0.717) is 0 Å². The Morgan fingerprint density at radius 1 is 0.446 bits per heavy atom. The molecule has 0 unspecified atom stereocenters. The predicted octanol–water partition coefficient (Wildman–Crippen LogP) is 15.1. The van der Waals surface area contributed by atoms with Crippen molar-refractivity contribution in [2.24, 2.45) is 0 Å². The topological polar surface area (TPSA) is 26.2 Å². The summed E-state index contributed by atoms with van der Waals surface area (Å²) in [6.07, 6.45) is 0. The lowest BCUT2D eigenvalue weighted by Crippen LogP contribution is -2.60. The molecule has 0 atom stereocenters. The first-order valence-corrected chi connectivity index (χ1v) is 23.6. The highest BCUT2D eigenvalue weighted by Gasteiger charge is 2.47. The summed E-state index contributed by atoms with van der Waals surface area (Å²) in [6.45, 7) is 27.8. The normalized spacial score (nSPS) is 14.1. The smallest absolute Gasteiger partial charge is 0.333 e. The van der Waals surface area contributed by atoms with Gasteiger partial charge in [0.15, 0.2) is 5.76 Å². The Bertz CT molecular complexity index is 3630. The van der Waals surface area contributed by atoms with Crippen LogP contribution in [0.1, 0.15) is 105 Å². The van der Waals surface area contributed by atoms with Crippen LogP contribution in [0.5, 0.6) is 0 Å². The molecule has 0 radical (unpaired) electrons. The van der Waals surface area contributed by atoms with Crippen molar-refractivity contribution in [3.63, 3.8) is 0 Å². The van der Waals surface area contributed by atoms with Crippen molar-refractivity contribution in [2.45, 2.75) is 105 Å². The molecule has 4 nitrogen and oxygen atoms in total. The van der Waals surface area contributed by atoms with Gasteiger partial charge in [-0.1, -0.05) is 144 Å². The molecule has 0 spiro atoms. The molecule has 0 saturated heterocycles. The number of fused-ring (bicyclic) bond motifs is 13. The molecular weight excluding hydrogens is 789 g/mol. The van der Waals surface area contributed by atoms with Gasteiger partial charge in [-0.15, -0.1) is 0 Å². The Labute approximate surface area is 383 Å². The number of hydrogen-bond donors (Lipinski definition) is 0. The highest BCUT2D eigenvalue weighted by Crippen LogP contribution is 2.51. The molecule has 2 aliphatic heterocycles. The van der Waals surface area contributed by atoms with E-state index in [1.165, 1.54) is 93.7 Å². The summed E-state index contributed by atoms with van der Waals surface area (Å²) >= 11 is 0. The summed E-state index contributed by atoms with van der Waals surface area (Å²) in [4.78, 5) is 2.63. The molecule has 0 saturated carbocycles. The van der Waals surface area contributed by atoms with Crippen LogP contribution >= 0.6 is 0 Å². The van der Waals surface area contributed by atoms with E-state index in [1.807, 2.05) is 0 Å². The Morgan fingerprint density at radius 3 is 1.75 bits per heavy atom. The van der Waals surface area contributed by atoms with Gasteiger partial charge < -0.3 is 18.4 Å². The minimum atomic E-state index is -0.130. The number of anilines is 2. The number of aromatic nitrogens is 2. The summed E-state index contributed by atoms with van der Waals surface area (Å²) in [5.74, 6) is 0.939. The third kappa shape index (κ3) is 5.70. The van der Waals surface area contributed by atoms with Crippen molar-refractivity contribution in [1.82, 2.24) is 9.13 Å². The number of hydrogen-bond acceptors (Lipinski definition) is 2. The second kappa shape index (κ2) is 13.1. The lowest BCUT2D eigenvalue weighted by molar-refractivity contribution is 0.588. The Kier molecular flexibility index (Phi) is 8.07. The fraction of sp³-hybridized carbons (Fsp3) is 0.267. The number of rotatable bonds is 2. The number of furan rings is 1. The van der Waals surface area contributed by atoms with Crippen LogP contribution in [-0.4, -0.2) is 16.0 Å². The standard InChI is InChI=1S/C60H58BN3O/c1-57(2,3)35-22-25-40(26-23-35)64-55-42-20-16-17-21-50(42)65-56(55)45-32-38(60(10,11)12)34-49-52(45)61(64)46-33-37(59(7,8)9)31-44-51-48(63(49)53(44)46)29-27-41-43-30-36(58(4,5)6)24-28-47(43)62(54(41)51)39-18-14-13-15-19-39/h13-34H,1-12H3. The van der Waals surface area contributed by atoms with Crippen molar-refractivity contribution >= 4 is 83.7 Å². The Morgan fingerprint density at radius 2 is 1.06 bits per heavy atom. The van der Waals surface area contributed by atoms with Crippen molar-refractivity contribution in [2.75, 3.05) is 4.81 Å². The average molecular weight is 848 g/mol. The minimum Gasteiger partial charge on any atom is -0.454 e. The monoisotopic (exact) mass is 847 g/mol. The van der Waals surface area contributed by atoms with Gasteiger partial charge in [0.2, 0.25) is 0 Å². The maximum atomic E-state index is 7.13. The van der Waals surface area contributed by atoms with E-state index in [9.17, 15) is 0 Å². The van der Waals surface area contributed by atoms with Crippen LogP contribution in [0.2, 0.25) is 0 Å². The van der Waals surface area contributed by atoms with E-state index < -0.39 is 0 Å². The lowest BCUT2D eigenvalue weighted by Gasteiger charge is -2.41. The minimum absolute atomic E-state index is 0.00962. The zero-order chi connectivity index (χ0) is 45.3. The quantitative estimate of drug-likeness (QED) is 0.162. The van der Waals surface area contributed by atoms with Gasteiger partial charge in [0.05, 0.1) is 27.8 Å². The summed E-state index contributed by atoms with van der Waals surface area (Å²) in [6, 6.07) is 51.0. The largest absolute Gasteiger partial charge is 0.454 e. The van der Waals surface area contributed by atoms with E-state index in [4.69, 9.17) is 4.42 Å². The molecular formula is C60H58BN3O. The summed E-state index contributed by atoms with van der Waals surface area (Å²) in [5.41, 5.74) is 19.5. The van der Waals surface area contributed by atoms with E-state index in [-0.39, 0.29) is 28.5 Å². The molecule has 5 heteroatoms. The molecule has 5 heterocycles. The van der Waals surface area contributed by atoms with Gasteiger partial charge in [-0.05, 0) is 128 Å². The van der Waals surface area contributed by atoms with Crippen LogP contribution in [0.3, 0.4) is 0 Å². The molecule has 65 heavy (non-hydrogen) atoms. The van der Waals surface area contributed by atoms with Crippen molar-refractivity contribution < 1.29 is 4.42 Å². The average Bonchev–Trinajstić information content (AvgIpc) is 3.92. The predicted molar refractivity (Wildman–Crippen MR) is 279 cm³/mol. The maximum absolute atomic E-state index is 7.13. The first-order chi connectivity index (χ1) is 30.8. The SMILES string of the molecule is CC(C)(C)c1ccc(N2B3c4c(cc(C(C)(C)C)cc4-n4c5ccc6c7cc(C(C)(C)C)ccc7n(-c7ccccc7)c6c5c5cc(C(C)(C)C)cc3c54)-c3oc4ccccc4c32)cc1. The van der Waals surface area contributed by atoms with Gasteiger partial charge in [0.25, 0.3) is 0 Å². The molecule has 0 N–H and O–H groups in total. The van der Waals surface area contributed by atoms with E-state index in [2.05, 4.69) is 230 Å². The number of nitrogens with zero attached hydrogens (tertiary/aromatic N) is 3. The van der Waals surface area contributed by atoms with Crippen LogP contribution in [0, 0.1) is 0 Å². The highest BCUT2D eigenvalue weighted by atomic mass is 16.3. The molecule has 10 aromatic rings. The Balaban J connectivity index is 1.30. The first-order valence-electron chi connectivity index (χ1n) is 23.6. The molecule has 0 bridgehead atoms. The zero-order valence-corrected chi connectivity index (χ0v) is 40.0. The van der Waals surface area contributed by atoms with Gasteiger partial charge >= 0.3 is 6.85 Å². The fourth-order valence-corrected chi connectivity index (χ4v) is 11.1. The highest BCUT2D eigenvalue weighted by molar-refractivity contribution is 6.93. The maximum Gasteiger partial charge on any atom is 0.333 e. The second-order valence-electron chi connectivity index (χ2n) is 23.1. The van der Waals surface area contributed by atoms with E-state index in [1.54, 1.807) is 0 Å². The third-order valence-electron chi connectivity index (χ3n) is 14.7. The van der Waals surface area contributed by atoms with Gasteiger partial charge in [-0.25, -0.2) is 0 Å². The summed E-state index contributed by atoms with van der Waals surface area (Å²) in [5, 5.41) is 6.28. The molecule has 3 aromatic heterocycles. The first kappa shape index (κ1) is 40.1. The van der Waals surface area contributed by atoms with Crippen LogP contribution < -0.4 is 15.7 Å². The Hall–Kier alpha value is -6.46. The number of benzene rings is 7. The van der Waals surface area contributed by atoms with Crippen LogP contribution in [0.25, 0.3) is 77.3 Å². The summed E-state index contributed by atoms with van der Waals surface area (Å²) < 4.78 is 12.3. The molecule has 2 aliphatic rings. The molecule has 0 fully saturated rings. The van der Waals surface area contributed by atoms with Crippen molar-refractivity contribution in [3.8, 4) is 22.7 Å². The van der Waals surface area contributed by atoms with E-state index >= 15 is 0 Å². The van der Waals surface area contributed by atoms with Crippen LogP contribution in [-0.2, 0) is 21.7 Å². The van der Waals surface area contributed by atoms with Gasteiger partial charge in [0.1, 0.15) is 5.58 Å². The van der Waals surface area contributed by atoms with Gasteiger partial charge in [-0.2, -0.15) is 0 Å². The second-order valence-corrected chi connectivity index (χ2v) is 23.1. The van der Waals surface area contributed by atoms with Crippen molar-refractivity contribution in [3.05, 3.63) is 156 Å². The molecule has 12 rings (SSSR count). The number of para-hydroxylation sites is 2. The van der Waals surface area contributed by atoms with Crippen LogP contribution in [0.15, 0.2) is 138 Å². The zero-order valence-electron chi connectivity index (χ0n) is 40.0. The van der Waals surface area contributed by atoms with E-state index in [0.717, 1.165) is 28.1 Å².